The highest BCUT2D eigenvalue weighted by Gasteiger charge is 2.20. The summed E-state index contributed by atoms with van der Waals surface area (Å²) in [6.45, 7) is 11.0. The van der Waals surface area contributed by atoms with Gasteiger partial charge in [-0.1, -0.05) is 40.3 Å². The number of rotatable bonds is 8. The molecule has 0 saturated carbocycles. The summed E-state index contributed by atoms with van der Waals surface area (Å²) in [5.41, 5.74) is 0.697. The molecule has 0 aliphatic carbocycles. The van der Waals surface area contributed by atoms with E-state index in [1.54, 1.807) is 38.1 Å². The van der Waals surface area contributed by atoms with Gasteiger partial charge in [-0.3, -0.25) is 9.59 Å². The molecule has 24 heavy (non-hydrogen) atoms. The predicted octanol–water partition coefficient (Wildman–Crippen LogP) is 4.07. The Labute approximate surface area is 143 Å². The topological polar surface area (TPSA) is 61.8 Å². The molecule has 0 amide bonds. The Morgan fingerprint density at radius 1 is 1.17 bits per heavy atom. The number of hydrogen-bond acceptors (Lipinski definition) is 5. The minimum absolute atomic E-state index is 0.180. The molecule has 1 aromatic rings. The van der Waals surface area contributed by atoms with Crippen LogP contribution in [-0.2, 0) is 14.3 Å². The third kappa shape index (κ3) is 5.11. The van der Waals surface area contributed by atoms with Crippen LogP contribution in [0.1, 0.15) is 45.8 Å². The van der Waals surface area contributed by atoms with E-state index in [9.17, 15) is 9.59 Å². The van der Waals surface area contributed by atoms with Crippen molar-refractivity contribution >= 4 is 11.9 Å². The fourth-order valence-corrected chi connectivity index (χ4v) is 1.83. The van der Waals surface area contributed by atoms with Gasteiger partial charge in [0.2, 0.25) is 0 Å². The molecule has 2 unspecified atom stereocenters. The van der Waals surface area contributed by atoms with Gasteiger partial charge in [0.25, 0.3) is 0 Å². The zero-order valence-corrected chi connectivity index (χ0v) is 15.0. The van der Waals surface area contributed by atoms with Crippen LogP contribution in [0.2, 0.25) is 0 Å². The van der Waals surface area contributed by atoms with Crippen molar-refractivity contribution in [1.82, 2.24) is 0 Å². The van der Waals surface area contributed by atoms with E-state index in [0.717, 1.165) is 0 Å². The summed E-state index contributed by atoms with van der Waals surface area (Å²) in [4.78, 5) is 23.7. The Morgan fingerprint density at radius 3 is 2.33 bits per heavy atom. The van der Waals surface area contributed by atoms with Gasteiger partial charge in [0.1, 0.15) is 6.10 Å². The van der Waals surface area contributed by atoms with Gasteiger partial charge in [-0.15, -0.1) is 0 Å². The zero-order chi connectivity index (χ0) is 18.3. The Bertz CT molecular complexity index is 591. The summed E-state index contributed by atoms with van der Waals surface area (Å²) in [6, 6.07) is 5.03. The third-order valence-electron chi connectivity index (χ3n) is 3.67. The molecule has 5 heteroatoms. The normalized spacial score (nSPS) is 13.1. The molecule has 0 aromatic heterocycles. The highest BCUT2D eigenvalue weighted by Crippen LogP contribution is 2.32. The minimum atomic E-state index is -0.588. The molecule has 0 spiro atoms. The fraction of sp³-hybridized carbons (Fsp3) is 0.474. The summed E-state index contributed by atoms with van der Waals surface area (Å²) < 4.78 is 16.1. The number of hydrogen-bond donors (Lipinski definition) is 0. The van der Waals surface area contributed by atoms with Crippen molar-refractivity contribution in [3.8, 4) is 11.5 Å². The molecule has 132 valence electrons. The first-order valence-corrected chi connectivity index (χ1v) is 8.06. The quantitative estimate of drug-likeness (QED) is 0.407. The van der Waals surface area contributed by atoms with E-state index < -0.39 is 6.10 Å². The van der Waals surface area contributed by atoms with Crippen LogP contribution in [0.25, 0.3) is 0 Å². The average Bonchev–Trinajstić information content (AvgIpc) is 2.58. The van der Waals surface area contributed by atoms with E-state index >= 15 is 0 Å². The summed E-state index contributed by atoms with van der Waals surface area (Å²) in [5, 5.41) is 0. The fourth-order valence-electron chi connectivity index (χ4n) is 1.83. The number of methoxy groups -OCH3 is 1. The van der Waals surface area contributed by atoms with Crippen LogP contribution in [0.4, 0.5) is 0 Å². The van der Waals surface area contributed by atoms with Gasteiger partial charge in [0.05, 0.1) is 18.9 Å². The molecule has 0 heterocycles. The number of benzene rings is 1. The molecule has 0 radical (unpaired) electrons. The Balaban J connectivity index is 3.01. The lowest BCUT2D eigenvalue weighted by Crippen LogP contribution is -2.17. The molecule has 0 aliphatic rings. The second kappa shape index (κ2) is 9.11. The predicted molar refractivity (Wildman–Crippen MR) is 92.0 cm³/mol. The monoisotopic (exact) mass is 334 g/mol. The van der Waals surface area contributed by atoms with Gasteiger partial charge >= 0.3 is 11.9 Å². The van der Waals surface area contributed by atoms with Gasteiger partial charge in [0, 0.05) is 5.56 Å². The van der Waals surface area contributed by atoms with Crippen LogP contribution in [0, 0.1) is 11.8 Å². The van der Waals surface area contributed by atoms with Crippen molar-refractivity contribution in [2.45, 2.75) is 40.2 Å². The average molecular weight is 334 g/mol. The summed E-state index contributed by atoms with van der Waals surface area (Å²) in [7, 11) is 1.49. The van der Waals surface area contributed by atoms with E-state index in [2.05, 4.69) is 6.58 Å². The molecule has 0 N–H and O–H groups in total. The van der Waals surface area contributed by atoms with Crippen LogP contribution in [0.5, 0.6) is 11.5 Å². The standard InChI is InChI=1S/C19H26O5/c1-7-13(5)19(21)23-15(8-2)14-9-10-16(17(11-14)22-6)24-18(20)12(3)4/h8-13,15H,2,7H2,1,3-6H3. The molecule has 2 atom stereocenters. The number of ether oxygens (including phenoxy) is 3. The van der Waals surface area contributed by atoms with Crippen molar-refractivity contribution in [3.05, 3.63) is 36.4 Å². The van der Waals surface area contributed by atoms with E-state index in [0.29, 0.717) is 23.5 Å². The molecule has 0 fully saturated rings. The molecule has 0 bridgehead atoms. The number of carbonyl (C=O) groups is 2. The maximum atomic E-state index is 12.0. The SMILES string of the molecule is C=CC(OC(=O)C(C)CC)c1ccc(OC(=O)C(C)C)c(OC)c1. The van der Waals surface area contributed by atoms with Gasteiger partial charge < -0.3 is 14.2 Å². The molecule has 0 aliphatic heterocycles. The molecule has 1 rings (SSSR count). The van der Waals surface area contributed by atoms with E-state index in [1.807, 2.05) is 13.8 Å². The van der Waals surface area contributed by atoms with E-state index in [4.69, 9.17) is 14.2 Å². The summed E-state index contributed by atoms with van der Waals surface area (Å²) >= 11 is 0. The van der Waals surface area contributed by atoms with Crippen molar-refractivity contribution in [1.29, 1.82) is 0 Å². The van der Waals surface area contributed by atoms with E-state index in [1.165, 1.54) is 7.11 Å². The van der Waals surface area contributed by atoms with Crippen molar-refractivity contribution in [2.75, 3.05) is 7.11 Å². The van der Waals surface area contributed by atoms with Crippen LogP contribution < -0.4 is 9.47 Å². The first-order chi connectivity index (χ1) is 11.3. The molecule has 1 aromatic carbocycles. The molecular weight excluding hydrogens is 308 g/mol. The van der Waals surface area contributed by atoms with Crippen LogP contribution >= 0.6 is 0 Å². The lowest BCUT2D eigenvalue weighted by atomic mass is 10.1. The number of carbonyl (C=O) groups excluding carboxylic acids is 2. The van der Waals surface area contributed by atoms with Crippen LogP contribution in [-0.4, -0.2) is 19.0 Å². The highest BCUT2D eigenvalue weighted by atomic mass is 16.6. The first-order valence-electron chi connectivity index (χ1n) is 8.06. The van der Waals surface area contributed by atoms with Gasteiger partial charge in [-0.2, -0.15) is 0 Å². The molecule has 5 nitrogen and oxygen atoms in total. The van der Waals surface area contributed by atoms with Crippen LogP contribution in [0.15, 0.2) is 30.9 Å². The Kier molecular flexibility index (Phi) is 7.49. The van der Waals surface area contributed by atoms with Crippen LogP contribution in [0.3, 0.4) is 0 Å². The Morgan fingerprint density at radius 2 is 1.83 bits per heavy atom. The second-order valence-corrected chi connectivity index (χ2v) is 5.89. The summed E-state index contributed by atoms with van der Waals surface area (Å²) in [5.74, 6) is -0.322. The highest BCUT2D eigenvalue weighted by molar-refractivity contribution is 5.75. The lowest BCUT2D eigenvalue weighted by molar-refractivity contribution is -0.151. The Hall–Kier alpha value is -2.30. The maximum absolute atomic E-state index is 12.0. The van der Waals surface area contributed by atoms with Crippen molar-refractivity contribution < 1.29 is 23.8 Å². The largest absolute Gasteiger partial charge is 0.493 e. The van der Waals surface area contributed by atoms with Gasteiger partial charge in [0.15, 0.2) is 11.5 Å². The molecule has 0 saturated heterocycles. The van der Waals surface area contributed by atoms with Gasteiger partial charge in [-0.25, -0.2) is 0 Å². The third-order valence-corrected chi connectivity index (χ3v) is 3.67. The van der Waals surface area contributed by atoms with Crippen molar-refractivity contribution in [3.63, 3.8) is 0 Å². The van der Waals surface area contributed by atoms with Crippen molar-refractivity contribution in [2.24, 2.45) is 11.8 Å². The lowest BCUT2D eigenvalue weighted by Gasteiger charge is -2.18. The summed E-state index contributed by atoms with van der Waals surface area (Å²) in [6.07, 6.45) is 1.67. The maximum Gasteiger partial charge on any atom is 0.313 e. The second-order valence-electron chi connectivity index (χ2n) is 5.89. The smallest absolute Gasteiger partial charge is 0.313 e. The van der Waals surface area contributed by atoms with E-state index in [-0.39, 0.29) is 23.8 Å². The first kappa shape index (κ1) is 19.7. The molecular formula is C19H26O5. The minimum Gasteiger partial charge on any atom is -0.493 e. The number of esters is 2. The van der Waals surface area contributed by atoms with Gasteiger partial charge in [-0.05, 0) is 24.6 Å². The zero-order valence-electron chi connectivity index (χ0n) is 15.0.